The minimum atomic E-state index is -0.374. The summed E-state index contributed by atoms with van der Waals surface area (Å²) >= 11 is 0. The number of morpholine rings is 1. The van der Waals surface area contributed by atoms with Gasteiger partial charge in [0, 0.05) is 19.2 Å². The van der Waals surface area contributed by atoms with Gasteiger partial charge in [-0.05, 0) is 6.92 Å². The molecule has 0 radical (unpaired) electrons. The van der Waals surface area contributed by atoms with Gasteiger partial charge in [0.2, 0.25) is 0 Å². The van der Waals surface area contributed by atoms with Crippen LogP contribution in [0.25, 0.3) is 0 Å². The molecule has 0 bridgehead atoms. The van der Waals surface area contributed by atoms with Crippen LogP contribution in [0.1, 0.15) is 6.92 Å². The zero-order valence-corrected chi connectivity index (χ0v) is 9.76. The Hall–Kier alpha value is -1.87. The quantitative estimate of drug-likeness (QED) is 0.825. The van der Waals surface area contributed by atoms with Gasteiger partial charge in [-0.1, -0.05) is 0 Å². The molecule has 2 rings (SSSR count). The molecule has 1 fully saturated rings. The summed E-state index contributed by atoms with van der Waals surface area (Å²) in [5.74, 6) is 1.64. The summed E-state index contributed by atoms with van der Waals surface area (Å²) in [5.41, 5.74) is 0. The molecule has 6 heteroatoms. The average molecular weight is 233 g/mol. The number of aromatic nitrogens is 2. The van der Waals surface area contributed by atoms with Crippen LogP contribution in [-0.2, 0) is 4.74 Å². The number of hydrogen-bond donors (Lipinski definition) is 1. The van der Waals surface area contributed by atoms with E-state index in [0.717, 1.165) is 24.7 Å². The summed E-state index contributed by atoms with van der Waals surface area (Å²) in [6, 6.07) is 4.01. The molecule has 1 N–H and O–H groups in total. The molecule has 1 unspecified atom stereocenters. The first-order chi connectivity index (χ1) is 8.33. The fraction of sp³-hybridized carbons (Fsp3) is 0.545. The van der Waals surface area contributed by atoms with Gasteiger partial charge in [-0.3, -0.25) is 0 Å². The lowest BCUT2D eigenvalue weighted by Crippen LogP contribution is -2.42. The SMILES string of the molecule is CCNc1cc(N2CCOC(C#N)C2)ncn1. The molecule has 90 valence electrons. The fourth-order valence-corrected chi connectivity index (χ4v) is 1.73. The van der Waals surface area contributed by atoms with Crippen molar-refractivity contribution in [2.75, 3.05) is 36.5 Å². The number of rotatable bonds is 3. The summed E-state index contributed by atoms with van der Waals surface area (Å²) in [6.45, 7) is 4.70. The molecular weight excluding hydrogens is 218 g/mol. The summed E-state index contributed by atoms with van der Waals surface area (Å²) in [6.07, 6.45) is 1.16. The van der Waals surface area contributed by atoms with Crippen molar-refractivity contribution in [3.63, 3.8) is 0 Å². The Balaban J connectivity index is 2.10. The molecule has 1 aromatic heterocycles. The number of ether oxygens (including phenoxy) is 1. The van der Waals surface area contributed by atoms with E-state index < -0.39 is 0 Å². The third-order valence-corrected chi connectivity index (χ3v) is 2.54. The fourth-order valence-electron chi connectivity index (χ4n) is 1.73. The molecule has 0 aromatic carbocycles. The van der Waals surface area contributed by atoms with Crippen molar-refractivity contribution >= 4 is 11.6 Å². The second-order valence-corrected chi connectivity index (χ2v) is 3.73. The lowest BCUT2D eigenvalue weighted by Gasteiger charge is -2.30. The summed E-state index contributed by atoms with van der Waals surface area (Å²) in [4.78, 5) is 10.4. The third kappa shape index (κ3) is 2.82. The van der Waals surface area contributed by atoms with Crippen LogP contribution < -0.4 is 10.2 Å². The number of anilines is 2. The molecule has 0 spiro atoms. The first kappa shape index (κ1) is 11.6. The van der Waals surface area contributed by atoms with Crippen LogP contribution in [0.4, 0.5) is 11.6 Å². The zero-order valence-electron chi connectivity index (χ0n) is 9.76. The molecule has 1 aromatic rings. The van der Waals surface area contributed by atoms with E-state index >= 15 is 0 Å². The lowest BCUT2D eigenvalue weighted by molar-refractivity contribution is 0.0761. The number of hydrogen-bond acceptors (Lipinski definition) is 6. The smallest absolute Gasteiger partial charge is 0.161 e. The van der Waals surface area contributed by atoms with Crippen molar-refractivity contribution in [2.24, 2.45) is 0 Å². The minimum Gasteiger partial charge on any atom is -0.370 e. The lowest BCUT2D eigenvalue weighted by atomic mass is 10.3. The van der Waals surface area contributed by atoms with Gasteiger partial charge >= 0.3 is 0 Å². The molecule has 0 saturated carbocycles. The predicted octanol–water partition coefficient (Wildman–Crippen LogP) is 0.637. The summed E-state index contributed by atoms with van der Waals surface area (Å²) in [5, 5.41) is 12.0. The molecule has 0 aliphatic carbocycles. The third-order valence-electron chi connectivity index (χ3n) is 2.54. The van der Waals surface area contributed by atoms with Crippen molar-refractivity contribution in [2.45, 2.75) is 13.0 Å². The Kier molecular flexibility index (Phi) is 3.73. The molecule has 0 amide bonds. The summed E-state index contributed by atoms with van der Waals surface area (Å²) in [7, 11) is 0. The van der Waals surface area contributed by atoms with Crippen LogP contribution >= 0.6 is 0 Å². The Labute approximate surface area is 100 Å². The van der Waals surface area contributed by atoms with Crippen molar-refractivity contribution in [1.82, 2.24) is 9.97 Å². The molecular formula is C11H15N5O. The van der Waals surface area contributed by atoms with Gasteiger partial charge in [-0.15, -0.1) is 0 Å². The van der Waals surface area contributed by atoms with Crippen LogP contribution in [0.2, 0.25) is 0 Å². The first-order valence-corrected chi connectivity index (χ1v) is 5.65. The highest BCUT2D eigenvalue weighted by molar-refractivity contribution is 5.48. The van der Waals surface area contributed by atoms with E-state index in [-0.39, 0.29) is 6.10 Å². The van der Waals surface area contributed by atoms with Gasteiger partial charge in [0.15, 0.2) is 6.10 Å². The number of nitrogens with zero attached hydrogens (tertiary/aromatic N) is 4. The van der Waals surface area contributed by atoms with Crippen molar-refractivity contribution in [3.05, 3.63) is 12.4 Å². The van der Waals surface area contributed by atoms with E-state index in [9.17, 15) is 0 Å². The molecule has 17 heavy (non-hydrogen) atoms. The monoisotopic (exact) mass is 233 g/mol. The molecule has 6 nitrogen and oxygen atoms in total. The molecule has 1 atom stereocenters. The van der Waals surface area contributed by atoms with Gasteiger partial charge in [-0.25, -0.2) is 9.97 Å². The van der Waals surface area contributed by atoms with E-state index in [4.69, 9.17) is 10.00 Å². The highest BCUT2D eigenvalue weighted by atomic mass is 16.5. The van der Waals surface area contributed by atoms with Gasteiger partial charge in [-0.2, -0.15) is 5.26 Å². The molecule has 1 aliphatic rings. The van der Waals surface area contributed by atoms with Gasteiger partial charge in [0.1, 0.15) is 18.0 Å². The normalized spacial score (nSPS) is 19.8. The van der Waals surface area contributed by atoms with Crippen LogP contribution in [0.5, 0.6) is 0 Å². The minimum absolute atomic E-state index is 0.374. The average Bonchev–Trinajstić information content (AvgIpc) is 2.40. The van der Waals surface area contributed by atoms with E-state index in [0.29, 0.717) is 13.2 Å². The van der Waals surface area contributed by atoms with Crippen LogP contribution in [0, 0.1) is 11.3 Å². The van der Waals surface area contributed by atoms with Crippen LogP contribution in [0.15, 0.2) is 12.4 Å². The van der Waals surface area contributed by atoms with Crippen LogP contribution in [0.3, 0.4) is 0 Å². The van der Waals surface area contributed by atoms with Crippen molar-refractivity contribution in [3.8, 4) is 6.07 Å². The second kappa shape index (κ2) is 5.46. The molecule has 1 aliphatic heterocycles. The topological polar surface area (TPSA) is 74.1 Å². The van der Waals surface area contributed by atoms with Gasteiger partial charge < -0.3 is 15.0 Å². The van der Waals surface area contributed by atoms with Gasteiger partial charge in [0.25, 0.3) is 0 Å². The highest BCUT2D eigenvalue weighted by Crippen LogP contribution is 2.17. The van der Waals surface area contributed by atoms with Crippen molar-refractivity contribution in [1.29, 1.82) is 5.26 Å². The molecule has 1 saturated heterocycles. The Morgan fingerprint density at radius 2 is 2.53 bits per heavy atom. The maximum atomic E-state index is 8.85. The first-order valence-electron chi connectivity index (χ1n) is 5.65. The van der Waals surface area contributed by atoms with Crippen LogP contribution in [-0.4, -0.2) is 42.3 Å². The van der Waals surface area contributed by atoms with E-state index in [1.807, 2.05) is 17.9 Å². The molecule has 2 heterocycles. The summed E-state index contributed by atoms with van der Waals surface area (Å²) < 4.78 is 5.29. The maximum Gasteiger partial charge on any atom is 0.161 e. The number of nitrogens with one attached hydrogen (secondary N) is 1. The number of nitriles is 1. The Morgan fingerprint density at radius 1 is 1.65 bits per heavy atom. The standard InChI is InChI=1S/C11H15N5O/c1-2-13-10-5-11(15-8-14-10)16-3-4-17-9(6-12)7-16/h5,8-9H,2-4,7H2,1H3,(H,13,14,15). The van der Waals surface area contributed by atoms with E-state index in [2.05, 4.69) is 21.4 Å². The Morgan fingerprint density at radius 3 is 3.29 bits per heavy atom. The predicted molar refractivity (Wildman–Crippen MR) is 63.8 cm³/mol. The van der Waals surface area contributed by atoms with Crippen molar-refractivity contribution < 1.29 is 4.74 Å². The largest absolute Gasteiger partial charge is 0.370 e. The van der Waals surface area contributed by atoms with Gasteiger partial charge in [0.05, 0.1) is 19.2 Å². The zero-order chi connectivity index (χ0) is 12.1. The van der Waals surface area contributed by atoms with E-state index in [1.165, 1.54) is 6.33 Å². The highest BCUT2D eigenvalue weighted by Gasteiger charge is 2.21. The Bertz CT molecular complexity index is 417. The maximum absolute atomic E-state index is 8.85. The second-order valence-electron chi connectivity index (χ2n) is 3.73. The van der Waals surface area contributed by atoms with E-state index in [1.54, 1.807) is 0 Å².